The first-order chi connectivity index (χ1) is 11.6. The fourth-order valence-corrected chi connectivity index (χ4v) is 2.37. The van der Waals surface area contributed by atoms with Crippen molar-refractivity contribution in [2.24, 2.45) is 0 Å². The van der Waals surface area contributed by atoms with Crippen molar-refractivity contribution >= 4 is 11.9 Å². The van der Waals surface area contributed by atoms with Crippen LogP contribution in [0.2, 0.25) is 0 Å². The van der Waals surface area contributed by atoms with Crippen molar-refractivity contribution in [3.8, 4) is 0 Å². The number of benzene rings is 1. The van der Waals surface area contributed by atoms with Crippen LogP contribution in [0.4, 0.5) is 0 Å². The van der Waals surface area contributed by atoms with Crippen LogP contribution in [0.1, 0.15) is 31.7 Å². The predicted molar refractivity (Wildman–Crippen MR) is 87.7 cm³/mol. The van der Waals surface area contributed by atoms with Gasteiger partial charge in [-0.3, -0.25) is 4.79 Å². The number of carbonyl (C=O) groups is 2. The Morgan fingerprint density at radius 3 is 2.71 bits per heavy atom. The third kappa shape index (κ3) is 5.01. The van der Waals surface area contributed by atoms with Gasteiger partial charge in [0.05, 0.1) is 7.11 Å². The lowest BCUT2D eigenvalue weighted by molar-refractivity contribution is -0.145. The molecule has 1 amide bonds. The minimum Gasteiger partial charge on any atom is -0.467 e. The van der Waals surface area contributed by atoms with Gasteiger partial charge in [-0.2, -0.15) is 0 Å². The van der Waals surface area contributed by atoms with E-state index in [1.165, 1.54) is 13.4 Å². The summed E-state index contributed by atoms with van der Waals surface area (Å²) in [6.45, 7) is 2.01. The zero-order chi connectivity index (χ0) is 17.4. The van der Waals surface area contributed by atoms with Gasteiger partial charge in [-0.25, -0.2) is 4.79 Å². The standard InChI is InChI=1S/C18H23NO5/c1-3-4-10-14(18(21)22-2)19-17(20)15-12-23-16(24-15)11-13-8-6-5-7-9-13/h5-9,12,14,16H,3-4,10-11H2,1-2H3,(H,19,20)/t14-,16?/m1/s1. The summed E-state index contributed by atoms with van der Waals surface area (Å²) in [5, 5.41) is 2.64. The van der Waals surface area contributed by atoms with Gasteiger partial charge in [0.25, 0.3) is 5.91 Å². The van der Waals surface area contributed by atoms with Crippen molar-refractivity contribution < 1.29 is 23.8 Å². The van der Waals surface area contributed by atoms with Crippen LogP contribution in [0.3, 0.4) is 0 Å². The molecule has 1 aliphatic heterocycles. The first-order valence-corrected chi connectivity index (χ1v) is 8.09. The molecule has 130 valence electrons. The van der Waals surface area contributed by atoms with Crippen LogP contribution in [0.5, 0.6) is 0 Å². The highest BCUT2D eigenvalue weighted by molar-refractivity contribution is 5.94. The molecule has 0 saturated carbocycles. The number of rotatable bonds is 8. The van der Waals surface area contributed by atoms with E-state index in [4.69, 9.17) is 14.2 Å². The molecule has 1 unspecified atom stereocenters. The summed E-state index contributed by atoms with van der Waals surface area (Å²) in [4.78, 5) is 24.0. The summed E-state index contributed by atoms with van der Waals surface area (Å²) in [6.07, 6.45) is 3.54. The number of esters is 1. The zero-order valence-corrected chi connectivity index (χ0v) is 14.0. The van der Waals surface area contributed by atoms with E-state index in [1.54, 1.807) is 0 Å². The van der Waals surface area contributed by atoms with E-state index in [-0.39, 0.29) is 5.76 Å². The van der Waals surface area contributed by atoms with Crippen molar-refractivity contribution in [3.05, 3.63) is 47.9 Å². The van der Waals surface area contributed by atoms with Crippen molar-refractivity contribution in [1.29, 1.82) is 0 Å². The Bertz CT molecular complexity index is 584. The fraction of sp³-hybridized carbons (Fsp3) is 0.444. The quantitative estimate of drug-likeness (QED) is 0.739. The minimum absolute atomic E-state index is 0.0707. The number of amides is 1. The van der Waals surface area contributed by atoms with Gasteiger partial charge in [0.1, 0.15) is 12.3 Å². The second kappa shape index (κ2) is 8.96. The molecule has 24 heavy (non-hydrogen) atoms. The third-order valence-corrected chi connectivity index (χ3v) is 3.69. The lowest BCUT2D eigenvalue weighted by atomic mass is 10.1. The summed E-state index contributed by atoms with van der Waals surface area (Å²) >= 11 is 0. The maximum Gasteiger partial charge on any atom is 0.328 e. The van der Waals surface area contributed by atoms with Gasteiger partial charge in [0.2, 0.25) is 12.0 Å². The Labute approximate surface area is 141 Å². The van der Waals surface area contributed by atoms with Gasteiger partial charge >= 0.3 is 5.97 Å². The lowest BCUT2D eigenvalue weighted by Crippen LogP contribution is -2.42. The Balaban J connectivity index is 1.87. The highest BCUT2D eigenvalue weighted by atomic mass is 16.7. The lowest BCUT2D eigenvalue weighted by Gasteiger charge is -2.16. The molecule has 0 fully saturated rings. The van der Waals surface area contributed by atoms with E-state index in [9.17, 15) is 9.59 Å². The van der Waals surface area contributed by atoms with E-state index in [0.29, 0.717) is 12.8 Å². The summed E-state index contributed by atoms with van der Waals surface area (Å²) in [5.74, 6) is -0.865. The van der Waals surface area contributed by atoms with Crippen LogP contribution in [-0.2, 0) is 30.2 Å². The molecule has 0 saturated heterocycles. The molecule has 1 heterocycles. The molecule has 2 atom stereocenters. The predicted octanol–water partition coefficient (Wildman–Crippen LogP) is 2.29. The van der Waals surface area contributed by atoms with Gasteiger partial charge in [0, 0.05) is 6.42 Å². The first-order valence-electron chi connectivity index (χ1n) is 8.09. The van der Waals surface area contributed by atoms with Gasteiger partial charge in [-0.15, -0.1) is 0 Å². The maximum atomic E-state index is 12.2. The smallest absolute Gasteiger partial charge is 0.328 e. The first kappa shape index (κ1) is 17.8. The topological polar surface area (TPSA) is 73.9 Å². The maximum absolute atomic E-state index is 12.2. The van der Waals surface area contributed by atoms with Crippen LogP contribution in [0.25, 0.3) is 0 Å². The Kier molecular flexibility index (Phi) is 6.66. The number of ether oxygens (including phenoxy) is 3. The molecule has 2 rings (SSSR count). The number of hydrogen-bond donors (Lipinski definition) is 1. The fourth-order valence-electron chi connectivity index (χ4n) is 2.37. The Hall–Kier alpha value is -2.50. The van der Waals surface area contributed by atoms with Gasteiger partial charge in [-0.05, 0) is 12.0 Å². The molecule has 0 aliphatic carbocycles. The summed E-state index contributed by atoms with van der Waals surface area (Å²) in [7, 11) is 1.30. The largest absolute Gasteiger partial charge is 0.467 e. The molecular weight excluding hydrogens is 310 g/mol. The second-order valence-corrected chi connectivity index (χ2v) is 5.55. The Morgan fingerprint density at radius 1 is 1.29 bits per heavy atom. The molecule has 0 radical (unpaired) electrons. The normalized spacial score (nSPS) is 17.2. The Morgan fingerprint density at radius 2 is 2.04 bits per heavy atom. The minimum atomic E-state index is -0.680. The molecule has 0 spiro atoms. The molecule has 0 bridgehead atoms. The van der Waals surface area contributed by atoms with E-state index in [0.717, 1.165) is 18.4 Å². The third-order valence-electron chi connectivity index (χ3n) is 3.69. The molecule has 1 aromatic carbocycles. The van der Waals surface area contributed by atoms with Crippen LogP contribution >= 0.6 is 0 Å². The van der Waals surface area contributed by atoms with E-state index >= 15 is 0 Å². The highest BCUT2D eigenvalue weighted by Gasteiger charge is 2.28. The zero-order valence-electron chi connectivity index (χ0n) is 14.0. The van der Waals surface area contributed by atoms with Crippen LogP contribution in [0.15, 0.2) is 42.4 Å². The van der Waals surface area contributed by atoms with Gasteiger partial charge in [0.15, 0.2) is 0 Å². The van der Waals surface area contributed by atoms with Crippen LogP contribution < -0.4 is 5.32 Å². The molecular formula is C18H23NO5. The number of methoxy groups -OCH3 is 1. The number of hydrogen-bond acceptors (Lipinski definition) is 5. The molecule has 1 aromatic rings. The highest BCUT2D eigenvalue weighted by Crippen LogP contribution is 2.18. The molecule has 1 N–H and O–H groups in total. The average molecular weight is 333 g/mol. The summed E-state index contributed by atoms with van der Waals surface area (Å²) in [5.41, 5.74) is 1.05. The molecule has 6 heteroatoms. The molecule has 6 nitrogen and oxygen atoms in total. The van der Waals surface area contributed by atoms with Crippen molar-refractivity contribution in [2.45, 2.75) is 44.9 Å². The van der Waals surface area contributed by atoms with Crippen LogP contribution in [0, 0.1) is 0 Å². The van der Waals surface area contributed by atoms with Crippen molar-refractivity contribution in [1.82, 2.24) is 5.32 Å². The van der Waals surface area contributed by atoms with Crippen LogP contribution in [-0.4, -0.2) is 31.3 Å². The second-order valence-electron chi connectivity index (χ2n) is 5.55. The number of unbranched alkanes of at least 4 members (excludes halogenated alkanes) is 1. The van der Waals surface area contributed by atoms with E-state index < -0.39 is 24.2 Å². The van der Waals surface area contributed by atoms with Crippen molar-refractivity contribution in [2.75, 3.05) is 7.11 Å². The van der Waals surface area contributed by atoms with Gasteiger partial charge < -0.3 is 19.5 Å². The van der Waals surface area contributed by atoms with E-state index in [2.05, 4.69) is 5.32 Å². The number of nitrogens with one attached hydrogen (secondary N) is 1. The van der Waals surface area contributed by atoms with Gasteiger partial charge in [-0.1, -0.05) is 50.1 Å². The average Bonchev–Trinajstić information content (AvgIpc) is 3.07. The summed E-state index contributed by atoms with van der Waals surface area (Å²) in [6, 6.07) is 9.03. The van der Waals surface area contributed by atoms with E-state index in [1.807, 2.05) is 37.3 Å². The molecule has 1 aliphatic rings. The summed E-state index contributed by atoms with van der Waals surface area (Å²) < 4.78 is 15.6. The molecule has 0 aromatic heterocycles. The SMILES string of the molecule is CCCC[C@@H](NC(=O)C1=COC(Cc2ccccc2)O1)C(=O)OC. The monoisotopic (exact) mass is 333 g/mol. The number of carbonyl (C=O) groups excluding carboxylic acids is 2. The van der Waals surface area contributed by atoms with Crippen molar-refractivity contribution in [3.63, 3.8) is 0 Å².